The molecule has 3 rings (SSSR count). The van der Waals surface area contributed by atoms with Crippen LogP contribution in [0.5, 0.6) is 0 Å². The minimum atomic E-state index is -4.52. The van der Waals surface area contributed by atoms with Gasteiger partial charge in [0, 0.05) is 6.08 Å². The van der Waals surface area contributed by atoms with Crippen molar-refractivity contribution in [3.05, 3.63) is 83.1 Å². The van der Waals surface area contributed by atoms with Crippen molar-refractivity contribution in [2.75, 3.05) is 0 Å². The van der Waals surface area contributed by atoms with Crippen LogP contribution in [0.3, 0.4) is 0 Å². The monoisotopic (exact) mass is 343 g/mol. The molecule has 0 amide bonds. The summed E-state index contributed by atoms with van der Waals surface area (Å²) < 4.78 is 44.0. The van der Waals surface area contributed by atoms with Gasteiger partial charge in [-0.2, -0.15) is 13.2 Å². The maximum Gasteiger partial charge on any atom is 0.416 e. The van der Waals surface area contributed by atoms with Gasteiger partial charge in [-0.25, -0.2) is 9.79 Å². The second kappa shape index (κ2) is 6.76. The first-order chi connectivity index (χ1) is 11.9. The van der Waals surface area contributed by atoms with E-state index in [1.54, 1.807) is 6.08 Å². The molecule has 0 N–H and O–H groups in total. The Labute approximate surface area is 141 Å². The van der Waals surface area contributed by atoms with E-state index < -0.39 is 17.7 Å². The molecule has 0 saturated heterocycles. The molecule has 2 aromatic rings. The summed E-state index contributed by atoms with van der Waals surface area (Å²) in [5.74, 6) is -0.755. The maximum absolute atomic E-state index is 13.0. The Bertz CT molecular complexity index is 881. The molecular weight excluding hydrogens is 331 g/mol. The number of ether oxygens (including phenoxy) is 1. The quantitative estimate of drug-likeness (QED) is 0.598. The number of halogens is 3. The molecule has 0 aromatic heterocycles. The third kappa shape index (κ3) is 4.03. The van der Waals surface area contributed by atoms with Gasteiger partial charge < -0.3 is 4.74 Å². The highest BCUT2D eigenvalue weighted by Gasteiger charge is 2.33. The lowest BCUT2D eigenvalue weighted by atomic mass is 10.1. The molecule has 0 fully saturated rings. The highest BCUT2D eigenvalue weighted by molar-refractivity contribution is 6.11. The summed E-state index contributed by atoms with van der Waals surface area (Å²) in [6.07, 6.45) is -0.257. The SMILES string of the molecule is O=C1OC(/C=C/c2ccccc2)=NC/1=C\c1ccccc1C(F)(F)F. The van der Waals surface area contributed by atoms with Crippen LogP contribution < -0.4 is 0 Å². The summed E-state index contributed by atoms with van der Waals surface area (Å²) in [5.41, 5.74) is -0.275. The van der Waals surface area contributed by atoms with Crippen LogP contribution in [0.1, 0.15) is 16.7 Å². The van der Waals surface area contributed by atoms with Crippen molar-refractivity contribution in [2.24, 2.45) is 4.99 Å². The number of esters is 1. The topological polar surface area (TPSA) is 38.7 Å². The lowest BCUT2D eigenvalue weighted by Gasteiger charge is -2.09. The number of cyclic esters (lactones) is 1. The van der Waals surface area contributed by atoms with Crippen LogP contribution in [0, 0.1) is 0 Å². The van der Waals surface area contributed by atoms with Crippen molar-refractivity contribution in [1.29, 1.82) is 0 Å². The van der Waals surface area contributed by atoms with Crippen molar-refractivity contribution < 1.29 is 22.7 Å². The predicted octanol–water partition coefficient (Wildman–Crippen LogP) is 4.72. The summed E-state index contributed by atoms with van der Waals surface area (Å²) in [5, 5.41) is 0. The van der Waals surface area contributed by atoms with Crippen LogP contribution >= 0.6 is 0 Å². The van der Waals surface area contributed by atoms with Crippen LogP contribution in [-0.4, -0.2) is 11.9 Å². The van der Waals surface area contributed by atoms with Crippen LogP contribution in [0.25, 0.3) is 12.2 Å². The fraction of sp³-hybridized carbons (Fsp3) is 0.0526. The number of benzene rings is 2. The zero-order valence-corrected chi connectivity index (χ0v) is 12.8. The highest BCUT2D eigenvalue weighted by atomic mass is 19.4. The molecule has 0 atom stereocenters. The average Bonchev–Trinajstić information content (AvgIpc) is 2.93. The Morgan fingerprint density at radius 3 is 2.32 bits per heavy atom. The van der Waals surface area contributed by atoms with Crippen molar-refractivity contribution in [3.8, 4) is 0 Å². The molecule has 6 heteroatoms. The van der Waals surface area contributed by atoms with Gasteiger partial charge in [0.25, 0.3) is 0 Å². The minimum absolute atomic E-state index is 0.0320. The van der Waals surface area contributed by atoms with E-state index >= 15 is 0 Å². The van der Waals surface area contributed by atoms with Crippen LogP contribution in [-0.2, 0) is 15.7 Å². The molecule has 0 saturated carbocycles. The minimum Gasteiger partial charge on any atom is -0.403 e. The molecular formula is C19H12F3NO2. The van der Waals surface area contributed by atoms with Crippen molar-refractivity contribution in [1.82, 2.24) is 0 Å². The zero-order chi connectivity index (χ0) is 17.9. The fourth-order valence-corrected chi connectivity index (χ4v) is 2.26. The smallest absolute Gasteiger partial charge is 0.403 e. The Morgan fingerprint density at radius 1 is 0.920 bits per heavy atom. The van der Waals surface area contributed by atoms with Gasteiger partial charge in [0.15, 0.2) is 5.70 Å². The van der Waals surface area contributed by atoms with E-state index in [2.05, 4.69) is 4.99 Å². The number of hydrogen-bond acceptors (Lipinski definition) is 3. The van der Waals surface area contributed by atoms with E-state index in [0.717, 1.165) is 17.7 Å². The van der Waals surface area contributed by atoms with Crippen LogP contribution in [0.2, 0.25) is 0 Å². The normalized spacial score (nSPS) is 16.4. The Morgan fingerprint density at radius 2 is 1.60 bits per heavy atom. The first kappa shape index (κ1) is 16.7. The Kier molecular flexibility index (Phi) is 4.52. The molecule has 3 nitrogen and oxygen atoms in total. The zero-order valence-electron chi connectivity index (χ0n) is 12.8. The molecule has 2 aromatic carbocycles. The lowest BCUT2D eigenvalue weighted by molar-refractivity contribution is -0.137. The van der Waals surface area contributed by atoms with Crippen molar-refractivity contribution in [2.45, 2.75) is 6.18 Å². The average molecular weight is 343 g/mol. The molecule has 0 unspecified atom stereocenters. The van der Waals surface area contributed by atoms with Crippen molar-refractivity contribution in [3.63, 3.8) is 0 Å². The van der Waals surface area contributed by atoms with Gasteiger partial charge in [-0.3, -0.25) is 0 Å². The highest BCUT2D eigenvalue weighted by Crippen LogP contribution is 2.33. The number of carbonyl (C=O) groups is 1. The first-order valence-electron chi connectivity index (χ1n) is 7.35. The van der Waals surface area contributed by atoms with Gasteiger partial charge in [-0.05, 0) is 29.3 Å². The number of carbonyl (C=O) groups excluding carboxylic acids is 1. The van der Waals surface area contributed by atoms with Gasteiger partial charge >= 0.3 is 12.1 Å². The lowest BCUT2D eigenvalue weighted by Crippen LogP contribution is -2.07. The Hall–Kier alpha value is -3.15. The van der Waals surface area contributed by atoms with Gasteiger partial charge in [-0.1, -0.05) is 48.5 Å². The van der Waals surface area contributed by atoms with E-state index in [0.29, 0.717) is 0 Å². The standard InChI is InChI=1S/C19H12F3NO2/c20-19(21,22)15-9-5-4-8-14(15)12-16-18(24)25-17(23-16)11-10-13-6-2-1-3-7-13/h1-12H/b11-10+,16-12-. The van der Waals surface area contributed by atoms with Crippen molar-refractivity contribution >= 4 is 24.0 Å². The largest absolute Gasteiger partial charge is 0.416 e. The van der Waals surface area contributed by atoms with Crippen LogP contribution in [0.15, 0.2) is 71.4 Å². The van der Waals surface area contributed by atoms with Crippen LogP contribution in [0.4, 0.5) is 13.2 Å². The molecule has 0 bridgehead atoms. The Balaban J connectivity index is 1.88. The molecule has 0 radical (unpaired) electrons. The number of rotatable bonds is 3. The van der Waals surface area contributed by atoms with E-state index in [1.807, 2.05) is 30.3 Å². The molecule has 126 valence electrons. The van der Waals surface area contributed by atoms with E-state index in [-0.39, 0.29) is 17.2 Å². The fourth-order valence-electron chi connectivity index (χ4n) is 2.26. The van der Waals surface area contributed by atoms with E-state index in [9.17, 15) is 18.0 Å². The third-order valence-electron chi connectivity index (χ3n) is 3.41. The molecule has 0 aliphatic carbocycles. The number of nitrogens with zero attached hydrogens (tertiary/aromatic N) is 1. The third-order valence-corrected chi connectivity index (χ3v) is 3.41. The summed E-state index contributed by atoms with van der Waals surface area (Å²) in [6, 6.07) is 14.2. The predicted molar refractivity (Wildman–Crippen MR) is 88.4 cm³/mol. The van der Waals surface area contributed by atoms with Gasteiger partial charge in [-0.15, -0.1) is 0 Å². The molecule has 25 heavy (non-hydrogen) atoms. The van der Waals surface area contributed by atoms with E-state index in [4.69, 9.17) is 4.74 Å². The second-order valence-electron chi connectivity index (χ2n) is 5.20. The van der Waals surface area contributed by atoms with Gasteiger partial charge in [0.05, 0.1) is 5.56 Å². The molecule has 1 aliphatic rings. The summed E-state index contributed by atoms with van der Waals surface area (Å²) in [7, 11) is 0. The van der Waals surface area contributed by atoms with Gasteiger partial charge in [0.1, 0.15) is 0 Å². The first-order valence-corrected chi connectivity index (χ1v) is 7.35. The van der Waals surface area contributed by atoms with E-state index in [1.165, 1.54) is 24.3 Å². The maximum atomic E-state index is 13.0. The molecule has 1 heterocycles. The summed E-state index contributed by atoms with van der Waals surface area (Å²) in [6.45, 7) is 0. The number of hydrogen-bond donors (Lipinski definition) is 0. The number of aliphatic imine (C=N–C) groups is 1. The van der Waals surface area contributed by atoms with Gasteiger partial charge in [0.2, 0.25) is 5.90 Å². The summed E-state index contributed by atoms with van der Waals surface area (Å²) in [4.78, 5) is 15.8. The molecule has 1 aliphatic heterocycles. The number of alkyl halides is 3. The summed E-state index contributed by atoms with van der Waals surface area (Å²) >= 11 is 0. The molecule has 0 spiro atoms. The second-order valence-corrected chi connectivity index (χ2v) is 5.20.